The van der Waals surface area contributed by atoms with Crippen molar-refractivity contribution in [2.24, 2.45) is 17.6 Å². The molecule has 0 spiro atoms. The van der Waals surface area contributed by atoms with Gasteiger partial charge in [0.05, 0.1) is 18.0 Å². The average molecular weight is 590 g/mol. The summed E-state index contributed by atoms with van der Waals surface area (Å²) in [6.07, 6.45) is 1.37. The van der Waals surface area contributed by atoms with Crippen LogP contribution in [0.25, 0.3) is 0 Å². The third-order valence-electron chi connectivity index (χ3n) is 8.43. The zero-order valence-electron chi connectivity index (χ0n) is 24.0. The van der Waals surface area contributed by atoms with Crippen molar-refractivity contribution >= 4 is 35.5 Å². The number of carboxylic acid groups (broad SMARTS) is 1. The fraction of sp³-hybridized carbons (Fsp3) is 0.731. The Morgan fingerprint density at radius 2 is 2.02 bits per heavy atom. The number of likely N-dealkylation sites (tertiary alicyclic amines) is 1. The fourth-order valence-corrected chi connectivity index (χ4v) is 7.92. The monoisotopic (exact) mass is 589 g/mol. The lowest BCUT2D eigenvalue weighted by molar-refractivity contribution is -0.158. The van der Waals surface area contributed by atoms with E-state index in [0.717, 1.165) is 6.42 Å². The summed E-state index contributed by atoms with van der Waals surface area (Å²) < 4.78 is 1.44. The zero-order chi connectivity index (χ0) is 29.8. The summed E-state index contributed by atoms with van der Waals surface area (Å²) in [6, 6.07) is -1.21. The maximum Gasteiger partial charge on any atom is 0.353 e. The van der Waals surface area contributed by atoms with Crippen LogP contribution in [0.3, 0.4) is 0 Å². The third-order valence-corrected chi connectivity index (χ3v) is 9.94. The second kappa shape index (κ2) is 11.0. The zero-order valence-corrected chi connectivity index (χ0v) is 24.8. The van der Waals surface area contributed by atoms with Crippen LogP contribution in [-0.4, -0.2) is 108 Å². The van der Waals surface area contributed by atoms with E-state index in [-0.39, 0.29) is 64.7 Å². The summed E-state index contributed by atoms with van der Waals surface area (Å²) >= 11 is 1.44. The molecule has 4 aliphatic heterocycles. The van der Waals surface area contributed by atoms with E-state index in [0.29, 0.717) is 36.8 Å². The topological polar surface area (TPSA) is 189 Å². The molecule has 0 saturated carbocycles. The van der Waals surface area contributed by atoms with Gasteiger partial charge in [-0.2, -0.15) is 0 Å². The molecule has 7 atom stereocenters. The van der Waals surface area contributed by atoms with E-state index in [1.54, 1.807) is 11.8 Å². The Morgan fingerprint density at radius 3 is 2.66 bits per heavy atom. The van der Waals surface area contributed by atoms with Gasteiger partial charge in [-0.15, -0.1) is 16.9 Å². The standard InChI is InChI=1S/C26H39N9O5S/c1-12-19-18(13(2)29-17(36)11-34-25(26(3,4)5)30-31-32-34)23(38)35(19)20(24(39)40)21(12)41-15-8-16(28-9-15)22(37)33-7-6-14(27)10-33/h12-16,18-19,28H,6-11,27H2,1-5H3,(H,29,36)(H,39,40)/t12-,13-,14?,15+,16+,18-,19-/m1/s1. The molecule has 15 heteroatoms. The minimum absolute atomic E-state index is 0.00953. The van der Waals surface area contributed by atoms with Crippen molar-refractivity contribution < 1.29 is 24.3 Å². The lowest BCUT2D eigenvalue weighted by Crippen LogP contribution is -2.66. The summed E-state index contributed by atoms with van der Waals surface area (Å²) in [5.41, 5.74) is 5.62. The van der Waals surface area contributed by atoms with Gasteiger partial charge in [-0.3, -0.25) is 14.4 Å². The van der Waals surface area contributed by atoms with Crippen LogP contribution in [-0.2, 0) is 31.1 Å². The first kappa shape index (κ1) is 29.5. The molecule has 1 aromatic rings. The van der Waals surface area contributed by atoms with Gasteiger partial charge in [-0.1, -0.05) is 27.7 Å². The normalized spacial score (nSPS) is 30.4. The minimum atomic E-state index is -1.15. The second-order valence-corrected chi connectivity index (χ2v) is 13.9. The van der Waals surface area contributed by atoms with Crippen LogP contribution in [0.5, 0.6) is 0 Å². The van der Waals surface area contributed by atoms with Crippen molar-refractivity contribution in [3.05, 3.63) is 16.4 Å². The molecule has 5 heterocycles. The lowest BCUT2D eigenvalue weighted by atomic mass is 9.78. The van der Waals surface area contributed by atoms with Gasteiger partial charge in [0.2, 0.25) is 17.7 Å². The number of hydrogen-bond acceptors (Lipinski definition) is 10. The molecule has 0 radical (unpaired) electrons. The highest BCUT2D eigenvalue weighted by atomic mass is 32.2. The van der Waals surface area contributed by atoms with Crippen LogP contribution in [0.2, 0.25) is 0 Å². The Balaban J connectivity index is 1.23. The maximum absolute atomic E-state index is 13.3. The van der Waals surface area contributed by atoms with Crippen molar-refractivity contribution in [1.82, 2.24) is 40.6 Å². The van der Waals surface area contributed by atoms with Crippen LogP contribution < -0.4 is 16.4 Å². The fourth-order valence-electron chi connectivity index (χ4n) is 6.44. The van der Waals surface area contributed by atoms with Crippen LogP contribution >= 0.6 is 11.8 Å². The van der Waals surface area contributed by atoms with Crippen molar-refractivity contribution in [1.29, 1.82) is 0 Å². The molecule has 5 rings (SSSR count). The molecule has 0 bridgehead atoms. The molecular weight excluding hydrogens is 550 g/mol. The van der Waals surface area contributed by atoms with Gasteiger partial charge < -0.3 is 31.3 Å². The number of carbonyl (C=O) groups is 4. The van der Waals surface area contributed by atoms with Gasteiger partial charge in [0.1, 0.15) is 12.2 Å². The predicted molar refractivity (Wildman–Crippen MR) is 149 cm³/mol. The molecule has 0 aromatic carbocycles. The molecule has 41 heavy (non-hydrogen) atoms. The Hall–Kier alpha value is -3.04. The SMILES string of the molecule is C[C@@H](NC(=O)Cn1nnnc1C(C)(C)C)[C@H]1C(=O)N2C(C(=O)O)=C(S[C@@H]3CN[C@H](C(=O)N4CCC(N)C4)C3)[C@H](C)[C@H]12. The molecule has 1 aromatic heterocycles. The first-order valence-electron chi connectivity index (χ1n) is 14.1. The van der Waals surface area contributed by atoms with Crippen LogP contribution in [0.4, 0.5) is 0 Å². The van der Waals surface area contributed by atoms with Crippen LogP contribution in [0.15, 0.2) is 10.6 Å². The Bertz CT molecular complexity index is 1280. The van der Waals surface area contributed by atoms with Crippen molar-refractivity contribution in [2.75, 3.05) is 19.6 Å². The van der Waals surface area contributed by atoms with Crippen molar-refractivity contribution in [3.8, 4) is 0 Å². The molecule has 224 valence electrons. The number of hydrogen-bond donors (Lipinski definition) is 4. The number of amides is 3. The predicted octanol–water partition coefficient (Wildman–Crippen LogP) is -0.728. The number of aliphatic carboxylic acids is 1. The molecule has 3 saturated heterocycles. The maximum atomic E-state index is 13.3. The minimum Gasteiger partial charge on any atom is -0.477 e. The molecule has 5 N–H and O–H groups in total. The molecular formula is C26H39N9O5S. The molecule has 1 unspecified atom stereocenters. The summed E-state index contributed by atoms with van der Waals surface area (Å²) in [4.78, 5) is 55.3. The highest BCUT2D eigenvalue weighted by Gasteiger charge is 2.60. The summed E-state index contributed by atoms with van der Waals surface area (Å²) in [6.45, 7) is 11.2. The van der Waals surface area contributed by atoms with E-state index in [1.807, 2.05) is 27.7 Å². The van der Waals surface area contributed by atoms with E-state index >= 15 is 0 Å². The average Bonchev–Trinajstić information content (AvgIpc) is 3.66. The van der Waals surface area contributed by atoms with Gasteiger partial charge in [0.25, 0.3) is 0 Å². The van der Waals surface area contributed by atoms with E-state index in [2.05, 4.69) is 26.2 Å². The number of nitrogens with one attached hydrogen (secondary N) is 2. The van der Waals surface area contributed by atoms with Crippen molar-refractivity contribution in [2.45, 2.75) is 88.8 Å². The van der Waals surface area contributed by atoms with Crippen LogP contribution in [0.1, 0.15) is 53.3 Å². The van der Waals surface area contributed by atoms with Gasteiger partial charge >= 0.3 is 5.97 Å². The number of carboxylic acids is 1. The van der Waals surface area contributed by atoms with Gasteiger partial charge in [-0.25, -0.2) is 9.48 Å². The second-order valence-electron chi connectivity index (χ2n) is 12.6. The smallest absolute Gasteiger partial charge is 0.353 e. The summed E-state index contributed by atoms with van der Waals surface area (Å²) in [5, 5.41) is 27.9. The number of nitrogens with two attached hydrogens (primary N) is 1. The number of rotatable bonds is 8. The van der Waals surface area contributed by atoms with E-state index in [4.69, 9.17) is 5.73 Å². The van der Waals surface area contributed by atoms with Crippen LogP contribution in [0, 0.1) is 11.8 Å². The summed E-state index contributed by atoms with van der Waals surface area (Å²) in [7, 11) is 0. The van der Waals surface area contributed by atoms with Gasteiger partial charge in [-0.05, 0) is 30.2 Å². The first-order chi connectivity index (χ1) is 19.3. The molecule has 0 aliphatic carbocycles. The molecule has 3 fully saturated rings. The summed E-state index contributed by atoms with van der Waals surface area (Å²) in [5.74, 6) is -1.99. The first-order valence-corrected chi connectivity index (χ1v) is 15.0. The highest BCUT2D eigenvalue weighted by molar-refractivity contribution is 8.03. The van der Waals surface area contributed by atoms with E-state index < -0.39 is 17.9 Å². The van der Waals surface area contributed by atoms with Gasteiger partial charge in [0, 0.05) is 53.2 Å². The lowest BCUT2D eigenvalue weighted by Gasteiger charge is -2.47. The Labute approximate surface area is 242 Å². The van der Waals surface area contributed by atoms with Crippen molar-refractivity contribution in [3.63, 3.8) is 0 Å². The quantitative estimate of drug-likeness (QED) is 0.280. The number of β-lactam (4-membered cyclic amide) rings is 1. The molecule has 14 nitrogen and oxygen atoms in total. The van der Waals surface area contributed by atoms with E-state index in [1.165, 1.54) is 21.3 Å². The number of fused-ring (bicyclic) bond motifs is 1. The van der Waals surface area contributed by atoms with Gasteiger partial charge in [0.15, 0.2) is 5.82 Å². The van der Waals surface area contributed by atoms with E-state index in [9.17, 15) is 24.3 Å². The number of carbonyl (C=O) groups excluding carboxylic acids is 3. The largest absolute Gasteiger partial charge is 0.477 e. The highest BCUT2D eigenvalue weighted by Crippen LogP contribution is 2.51. The number of tetrazole rings is 1. The number of thioether (sulfide) groups is 1. The Kier molecular flexibility index (Phi) is 7.89. The third kappa shape index (κ3) is 5.46. The molecule has 4 aliphatic rings. The number of aromatic nitrogens is 4. The molecule has 3 amide bonds. The number of nitrogens with zero attached hydrogens (tertiary/aromatic N) is 6. The Morgan fingerprint density at radius 1 is 1.29 bits per heavy atom.